The molecule has 0 radical (unpaired) electrons. The zero-order chi connectivity index (χ0) is 4.71. The van der Waals surface area contributed by atoms with Crippen LogP contribution in [0, 0.1) is 0 Å². The summed E-state index contributed by atoms with van der Waals surface area (Å²) >= 11 is 0. The zero-order valence-corrected chi connectivity index (χ0v) is 3.84. The number of carbonyl (C=O) groups is 1. The molecule has 0 aliphatic rings. The molecule has 0 saturated heterocycles. The first-order valence-corrected chi connectivity index (χ1v) is 0.919. The maximum atomic E-state index is 8.25. The molecule has 0 rings (SSSR count). The third-order valence-electron chi connectivity index (χ3n) is 0. The molecule has 6 heavy (non-hydrogen) atoms. The average Bonchev–Trinajstić information content (AvgIpc) is 1.46. The van der Waals surface area contributed by atoms with Gasteiger partial charge in [-0.15, -0.1) is 0 Å². The van der Waals surface area contributed by atoms with Gasteiger partial charge in [0.2, 0.25) is 0 Å². The van der Waals surface area contributed by atoms with Crippen molar-refractivity contribution in [3.05, 3.63) is 0 Å². The molecule has 0 aliphatic heterocycles. The van der Waals surface area contributed by atoms with Crippen molar-refractivity contribution in [2.75, 3.05) is 7.11 Å². The molecule has 0 atom stereocenters. The molecule has 0 bridgehead atoms. The Morgan fingerprint density at radius 2 is 1.67 bits per heavy atom. The smallest absolute Gasteiger partial charge is 0.554 e. The van der Waals surface area contributed by atoms with Gasteiger partial charge < -0.3 is 15.0 Å². The van der Waals surface area contributed by atoms with Gasteiger partial charge in [-0.1, -0.05) is 0 Å². The molecule has 32 valence electrons. The Morgan fingerprint density at radius 1 is 1.67 bits per heavy atom. The van der Waals surface area contributed by atoms with Gasteiger partial charge in [0.1, 0.15) is 0 Å². The Morgan fingerprint density at radius 3 is 1.67 bits per heavy atom. The van der Waals surface area contributed by atoms with Crippen LogP contribution >= 0.6 is 0 Å². The van der Waals surface area contributed by atoms with E-state index in [0.717, 1.165) is 7.11 Å². The van der Waals surface area contributed by atoms with Crippen molar-refractivity contribution in [1.29, 1.82) is 0 Å². The van der Waals surface area contributed by atoms with Crippen LogP contribution in [0.15, 0.2) is 0 Å². The number of hydrogen-bond donors (Lipinski definition) is 1. The van der Waals surface area contributed by atoms with E-state index in [2.05, 4.69) is 0 Å². The summed E-state index contributed by atoms with van der Waals surface area (Å²) in [5, 5.41) is 15.2. The number of carbonyl (C=O) groups excluding carboxylic acids is 1. The van der Waals surface area contributed by atoms with Crippen molar-refractivity contribution in [2.24, 2.45) is 0 Å². The minimum atomic E-state index is -0.500. The van der Waals surface area contributed by atoms with Gasteiger partial charge in [0.25, 0.3) is 0 Å². The number of aliphatic hydroxyl groups is 1. The van der Waals surface area contributed by atoms with E-state index in [1.165, 1.54) is 0 Å². The predicted molar refractivity (Wildman–Crippen MR) is 14.2 cm³/mol. The van der Waals surface area contributed by atoms with Crippen molar-refractivity contribution in [3.8, 4) is 0 Å². The first-order valence-electron chi connectivity index (χ1n) is 0.919. The Bertz CT molecular complexity index is 16.3. The van der Waals surface area contributed by atoms with Crippen LogP contribution in [0.25, 0.3) is 0 Å². The van der Waals surface area contributed by atoms with E-state index in [1.807, 2.05) is 0 Å². The maximum Gasteiger partial charge on any atom is 1.00 e. The van der Waals surface area contributed by atoms with Crippen molar-refractivity contribution in [2.45, 2.75) is 0 Å². The fourth-order valence-corrected chi connectivity index (χ4v) is 0. The Balaban J connectivity index is -0.0000000275. The second-order valence-electron chi connectivity index (χ2n) is 0.0962. The molecule has 1 N–H and O–H groups in total. The first kappa shape index (κ1) is 16.6. The minimum absolute atomic E-state index is 0. The second kappa shape index (κ2) is 77.3. The van der Waals surface area contributed by atoms with E-state index in [0.29, 0.717) is 0 Å². The number of rotatable bonds is 0. The normalized spacial score (nSPS) is 3.00. The van der Waals surface area contributed by atoms with E-state index >= 15 is 0 Å². The molecular formula is C2H5LiO3. The third-order valence-corrected chi connectivity index (χ3v) is 0. The Hall–Kier alpha value is 0.0274. The summed E-state index contributed by atoms with van der Waals surface area (Å²) in [4.78, 5) is 8.25. The molecule has 3 nitrogen and oxygen atoms in total. The van der Waals surface area contributed by atoms with Crippen molar-refractivity contribution in [1.82, 2.24) is 0 Å². The van der Waals surface area contributed by atoms with Crippen LogP contribution in [0.4, 0.5) is 0 Å². The summed E-state index contributed by atoms with van der Waals surface area (Å²) in [6, 6.07) is 0. The van der Waals surface area contributed by atoms with Gasteiger partial charge in [0.05, 0.1) is 0 Å². The Kier molecular flexibility index (Phi) is 214. The van der Waals surface area contributed by atoms with E-state index in [1.54, 1.807) is 0 Å². The van der Waals surface area contributed by atoms with Gasteiger partial charge in [0.15, 0.2) is 0 Å². The van der Waals surface area contributed by atoms with Gasteiger partial charge in [-0.2, -0.15) is 0 Å². The molecule has 4 heteroatoms. The number of aliphatic hydroxyl groups excluding tert-OH is 1. The minimum Gasteiger partial charge on any atom is -0.554 e. The molecule has 0 unspecified atom stereocenters. The zero-order valence-electron chi connectivity index (χ0n) is 3.84. The maximum absolute atomic E-state index is 8.25. The standard InChI is InChI=1S/CH2O2.CH4O.Li/c2-1-3;1-2;/h1H,(H,2,3);2H,1H3;/q;;+1/p-1. The quantitative estimate of drug-likeness (QED) is 0.236. The van der Waals surface area contributed by atoms with Gasteiger partial charge in [-0.25, -0.2) is 0 Å². The fraction of sp³-hybridized carbons (Fsp3) is 0.500. The second-order valence-corrected chi connectivity index (χ2v) is 0.0962. The molecular weight excluding hydrogens is 79.0 g/mol. The molecule has 0 aliphatic carbocycles. The van der Waals surface area contributed by atoms with E-state index in [-0.39, 0.29) is 18.9 Å². The average molecular weight is 84.0 g/mol. The van der Waals surface area contributed by atoms with Crippen molar-refractivity contribution >= 4 is 6.47 Å². The molecule has 0 aromatic rings. The molecule has 0 aromatic carbocycles. The number of hydrogen-bond acceptors (Lipinski definition) is 3. The van der Waals surface area contributed by atoms with E-state index < -0.39 is 6.47 Å². The van der Waals surface area contributed by atoms with E-state index in [4.69, 9.17) is 15.0 Å². The predicted octanol–water partition coefficient (Wildman–Crippen LogP) is -5.02. The summed E-state index contributed by atoms with van der Waals surface area (Å²) in [7, 11) is 1.00. The molecule has 0 aromatic heterocycles. The summed E-state index contributed by atoms with van der Waals surface area (Å²) in [6.07, 6.45) is 0. The molecule has 0 amide bonds. The van der Waals surface area contributed by atoms with Gasteiger partial charge >= 0.3 is 18.9 Å². The summed E-state index contributed by atoms with van der Waals surface area (Å²) in [6.45, 7) is -0.500. The van der Waals surface area contributed by atoms with Crippen LogP contribution < -0.4 is 24.0 Å². The van der Waals surface area contributed by atoms with Crippen LogP contribution in [0.1, 0.15) is 0 Å². The van der Waals surface area contributed by atoms with Crippen molar-refractivity contribution in [3.63, 3.8) is 0 Å². The number of carboxylic acid groups (broad SMARTS) is 1. The molecule has 0 fully saturated rings. The van der Waals surface area contributed by atoms with Crippen LogP contribution in [0.5, 0.6) is 0 Å². The van der Waals surface area contributed by atoms with Gasteiger partial charge in [-0.3, -0.25) is 0 Å². The van der Waals surface area contributed by atoms with Gasteiger partial charge in [0, 0.05) is 13.6 Å². The SMILES string of the molecule is CO.O=C[O-].[Li+]. The van der Waals surface area contributed by atoms with Gasteiger partial charge in [-0.05, 0) is 0 Å². The third kappa shape index (κ3) is 49200. The summed E-state index contributed by atoms with van der Waals surface area (Å²) in [5.74, 6) is 0. The molecule has 0 spiro atoms. The van der Waals surface area contributed by atoms with Crippen LogP contribution in [-0.4, -0.2) is 18.7 Å². The Labute approximate surface area is 48.2 Å². The van der Waals surface area contributed by atoms with E-state index in [9.17, 15) is 0 Å². The summed E-state index contributed by atoms with van der Waals surface area (Å²) < 4.78 is 0. The van der Waals surface area contributed by atoms with Crippen LogP contribution in [0.2, 0.25) is 0 Å². The largest absolute Gasteiger partial charge is 1.00 e. The molecule has 0 saturated carbocycles. The van der Waals surface area contributed by atoms with Crippen LogP contribution in [-0.2, 0) is 4.79 Å². The first-order chi connectivity index (χ1) is 2.41. The van der Waals surface area contributed by atoms with Crippen molar-refractivity contribution < 1.29 is 33.9 Å². The fourth-order valence-electron chi connectivity index (χ4n) is 0. The van der Waals surface area contributed by atoms with Crippen LogP contribution in [0.3, 0.4) is 0 Å². The topological polar surface area (TPSA) is 60.4 Å². The molecule has 0 heterocycles. The summed E-state index contributed by atoms with van der Waals surface area (Å²) in [5.41, 5.74) is 0. The monoisotopic (exact) mass is 84.0 g/mol.